The molecule has 628 valence electrons. The number of hydrogen-bond donors (Lipinski definition) is 0. The normalized spacial score (nSPS) is 21.6. The van der Waals surface area contributed by atoms with Crippen LogP contribution in [0, 0.1) is 60.3 Å². The molecule has 23 nitrogen and oxygen atoms in total. The number of pyridine rings is 3. The molecule has 6 aliphatic carbocycles. The molecule has 18 rings (SSSR count). The van der Waals surface area contributed by atoms with Crippen molar-refractivity contribution < 1.29 is 44.6 Å². The maximum Gasteiger partial charge on any atom is 0.191 e. The molecule has 3 fully saturated rings. The van der Waals surface area contributed by atoms with E-state index in [1.165, 1.54) is 71.7 Å². The van der Waals surface area contributed by atoms with Crippen LogP contribution in [0.4, 0.5) is 17.6 Å². The van der Waals surface area contributed by atoms with Gasteiger partial charge in [-0.1, -0.05) is 23.6 Å². The second-order valence-corrected chi connectivity index (χ2v) is 39.5. The highest BCUT2D eigenvalue weighted by Crippen LogP contribution is 2.55. The fourth-order valence-electron chi connectivity index (χ4n) is 18.5. The van der Waals surface area contributed by atoms with Crippen molar-refractivity contribution in [3.63, 3.8) is 0 Å². The summed E-state index contributed by atoms with van der Waals surface area (Å²) < 4.78 is 109. The van der Waals surface area contributed by atoms with Gasteiger partial charge in [-0.2, -0.15) is 30.3 Å². The van der Waals surface area contributed by atoms with Gasteiger partial charge in [-0.05, 0) is 315 Å². The molecule has 8 heterocycles. The minimum atomic E-state index is -2.94. The number of benzene rings is 4. The number of halogens is 4. The van der Waals surface area contributed by atoms with Crippen LogP contribution in [0.5, 0.6) is 0 Å². The Morgan fingerprint density at radius 3 is 1.14 bits per heavy atom. The van der Waals surface area contributed by atoms with Gasteiger partial charge in [0.05, 0.1) is 115 Å². The molecule has 122 heavy (non-hydrogen) atoms. The first-order valence-electron chi connectivity index (χ1n) is 40.3. The quantitative estimate of drug-likeness (QED) is 0.0414. The molecule has 0 radical (unpaired) electrons. The summed E-state index contributed by atoms with van der Waals surface area (Å²) in [4.78, 5) is 59.1. The predicted molar refractivity (Wildman–Crippen MR) is 465 cm³/mol. The molecule has 0 aliphatic heterocycles. The van der Waals surface area contributed by atoms with E-state index in [2.05, 4.69) is 75.3 Å². The number of fused-ring (bicyclic) bond motifs is 6. The number of hydrogen-bond acceptors (Lipinski definition) is 15. The zero-order valence-electron chi connectivity index (χ0n) is 69.0. The minimum absolute atomic E-state index is 0.0367. The molecule has 0 amide bonds. The third-order valence-corrected chi connectivity index (χ3v) is 31.6. The summed E-state index contributed by atoms with van der Waals surface area (Å²) in [6.07, 6.45) is 27.9. The van der Waals surface area contributed by atoms with E-state index in [4.69, 9.17) is 0 Å². The molecule has 0 saturated heterocycles. The number of ketones is 3. The lowest BCUT2D eigenvalue weighted by Crippen LogP contribution is -2.50. The third kappa shape index (κ3) is 15.6. The Bertz CT molecular complexity index is 6550. The number of aromatic nitrogens is 14. The van der Waals surface area contributed by atoms with Crippen molar-refractivity contribution in [3.05, 3.63) is 297 Å². The summed E-state index contributed by atoms with van der Waals surface area (Å²) in [5, 5.41) is 26.7. The second kappa shape index (κ2) is 32.9. The zero-order valence-corrected chi connectivity index (χ0v) is 71.4. The molecular weight excluding hydrogens is 1610 g/mol. The largest absolute Gasteiger partial charge is 0.291 e. The van der Waals surface area contributed by atoms with Crippen molar-refractivity contribution >= 4 is 82.3 Å². The molecule has 0 spiro atoms. The average molecular weight is 1710 g/mol. The van der Waals surface area contributed by atoms with Crippen molar-refractivity contribution in [3.8, 4) is 17.1 Å². The van der Waals surface area contributed by atoms with E-state index in [0.717, 1.165) is 90.7 Å². The summed E-state index contributed by atoms with van der Waals surface area (Å²) in [7, 11) is -1.69. The van der Waals surface area contributed by atoms with Crippen LogP contribution >= 0.6 is 0 Å². The number of nitrogens with zero attached hydrogens (tertiary/aromatic N) is 17. The van der Waals surface area contributed by atoms with Crippen LogP contribution in [0.15, 0.2) is 221 Å². The number of carbonyl (C=O) groups excluding carboxylic acids is 3. The molecule has 12 aromatic rings. The molecule has 3 unspecified atom stereocenters. The molecule has 9 atom stereocenters. The van der Waals surface area contributed by atoms with Gasteiger partial charge < -0.3 is 0 Å². The van der Waals surface area contributed by atoms with Gasteiger partial charge in [0.25, 0.3) is 0 Å². The Morgan fingerprint density at radius 2 is 0.803 bits per heavy atom. The summed E-state index contributed by atoms with van der Waals surface area (Å²) >= 11 is 0. The van der Waals surface area contributed by atoms with Crippen LogP contribution in [0.3, 0.4) is 0 Å². The van der Waals surface area contributed by atoms with Crippen LogP contribution in [0.2, 0.25) is 0 Å². The van der Waals surface area contributed by atoms with Crippen LogP contribution in [0.1, 0.15) is 147 Å². The minimum Gasteiger partial charge on any atom is -0.291 e. The smallest absolute Gasteiger partial charge is 0.191 e. The zero-order chi connectivity index (χ0) is 86.1. The summed E-state index contributed by atoms with van der Waals surface area (Å²) in [6, 6.07) is 34.6. The molecule has 3 saturated carbocycles. The lowest BCUT2D eigenvalue weighted by Gasteiger charge is -2.47. The first kappa shape index (κ1) is 83.8. The van der Waals surface area contributed by atoms with E-state index in [1.807, 2.05) is 74.5 Å². The Morgan fingerprint density at radius 1 is 0.451 bits per heavy atom. The van der Waals surface area contributed by atoms with Crippen molar-refractivity contribution in [2.24, 2.45) is 30.3 Å². The molecule has 6 aliphatic rings. The van der Waals surface area contributed by atoms with Gasteiger partial charge >= 0.3 is 0 Å². The number of aryl methyl sites for hydroxylation is 5. The number of Topliss-reactive ketones (excluding diaryl/α,β-unsaturated/α-hetero) is 3. The van der Waals surface area contributed by atoms with Gasteiger partial charge in [0.1, 0.15) is 40.4 Å². The second-order valence-electron chi connectivity index (χ2n) is 32.7. The highest BCUT2D eigenvalue weighted by molar-refractivity contribution is 7.98. The maximum absolute atomic E-state index is 14.5. The Labute approximate surface area is 707 Å². The first-order valence-corrected chi connectivity index (χ1v) is 45.3. The fourth-order valence-corrected chi connectivity index (χ4v) is 23.4. The number of allylic oxidation sites excluding steroid dienone is 3. The van der Waals surface area contributed by atoms with Crippen LogP contribution in [-0.2, 0) is 62.5 Å². The van der Waals surface area contributed by atoms with Crippen molar-refractivity contribution in [2.45, 2.75) is 138 Å². The highest BCUT2D eigenvalue weighted by atomic mass is 32.2. The summed E-state index contributed by atoms with van der Waals surface area (Å²) in [5.41, 5.74) is 12.0. The topological polar surface area (TPSA) is 253 Å². The maximum atomic E-state index is 14.5. The Balaban J connectivity index is 0.000000136. The van der Waals surface area contributed by atoms with Gasteiger partial charge in [0.15, 0.2) is 22.4 Å². The van der Waals surface area contributed by atoms with Gasteiger partial charge in [-0.3, -0.25) is 34.0 Å². The predicted octanol–water partition coefficient (Wildman–Crippen LogP) is 14.5. The summed E-state index contributed by atoms with van der Waals surface area (Å²) in [5.74, 6) is 10.7. The monoisotopic (exact) mass is 1700 g/mol. The molecule has 8 aromatic heterocycles. The van der Waals surface area contributed by atoms with Crippen molar-refractivity contribution in [2.75, 3.05) is 20.6 Å². The van der Waals surface area contributed by atoms with E-state index in [-0.39, 0.29) is 52.9 Å². The molecule has 4 aromatic carbocycles. The van der Waals surface area contributed by atoms with E-state index in [1.54, 1.807) is 142 Å². The molecule has 0 bridgehead atoms. The van der Waals surface area contributed by atoms with Crippen molar-refractivity contribution in [1.82, 2.24) is 82.0 Å². The number of rotatable bonds is 19. The van der Waals surface area contributed by atoms with E-state index >= 15 is 0 Å². The summed E-state index contributed by atoms with van der Waals surface area (Å²) in [6.45, 7) is 8.31. The fraction of sp³-hybridized carbons (Fsp3) is 0.293. The van der Waals surface area contributed by atoms with E-state index < -0.39 is 51.2 Å². The van der Waals surface area contributed by atoms with Gasteiger partial charge in [-0.15, -0.1) is 5.10 Å². The Kier molecular flexibility index (Phi) is 22.6. The molecular formula is C92H93F4N17O6S3. The van der Waals surface area contributed by atoms with E-state index in [0.29, 0.717) is 109 Å². The highest BCUT2D eigenvalue weighted by Gasteiger charge is 2.55. The first-order chi connectivity index (χ1) is 58.3. The molecule has 0 N–H and O–H groups in total. The lowest BCUT2D eigenvalue weighted by atomic mass is 9.60. The lowest BCUT2D eigenvalue weighted by molar-refractivity contribution is 0.0738. The van der Waals surface area contributed by atoms with E-state index in [9.17, 15) is 44.6 Å². The van der Waals surface area contributed by atoms with Gasteiger partial charge in [-0.25, -0.2) is 57.1 Å². The van der Waals surface area contributed by atoms with Gasteiger partial charge in [0, 0.05) is 68.4 Å². The Hall–Kier alpha value is -11.8. The third-order valence-electron chi connectivity index (χ3n) is 25.1. The molecule has 30 heteroatoms. The van der Waals surface area contributed by atoms with Gasteiger partial charge in [0.2, 0.25) is 0 Å². The standard InChI is InChI=1S/C32H30F2N4O2S.C31H33FN6O2S.C29H30FN7O2S/c1-21-14-15-35-29(16-21)31(39)32-18-22-20-36-38(26-10-5-24(33)6-11-26)30(22)17-23(32)4-9-27(19-32)37(2)41(3,40)28-12-7-25(34)8-13-28;1-5-37(41(4,40)27-19-34-36(3)20-27)26-9-6-23-15-29-22(18-35-38(29)25-10-7-24(32)8-11-25)16-31(23,17-26)30(39)28-14-21(2)12-13-33-28;1-19-11-12-31-25(13-19)28(38)29-15-20-17-33-37(23-9-6-22(30)7-10-23)26(20)14-21(29)5-8-24(16-29)35(2)40(4,39)27-18-32-36(3)34-27/h5-8,10-17,20,27H,3-4,9,18-19H2,1-2H3;7-8,10-15,18-20,26H,4-6,9,16-17H2,1-3H3;6-7,9-14,17-18,24H,4-5,8,15-16H2,1-3H3/t27-,32-,41?;26-,31-,41?;24-,29-,40?/m000/s1. The van der Waals surface area contributed by atoms with Crippen molar-refractivity contribution in [1.29, 1.82) is 0 Å². The van der Waals surface area contributed by atoms with Crippen LogP contribution < -0.4 is 0 Å². The average Bonchev–Trinajstić information content (AvgIpc) is 1.31. The number of carbonyl (C=O) groups is 3. The van der Waals surface area contributed by atoms with Crippen LogP contribution in [-0.4, -0.2) is 168 Å². The SMILES string of the molecule is C=S(=O)(c1ccc(F)cc1)N(C)[C@H]1CCC2=Cc3c(cnn3-c3ccc(F)cc3)C[C@]2(C(=O)c2cc(C)ccn2)C1.C=S(=O)(c1cnn(C)c1)N(CC)[C@H]1CCC2=Cc3c(cnn3-c3ccc(F)cc3)C[C@]2(C(=O)c2cc(C)ccn2)C1.C=S(=O)(c1cnn(C)n1)N(C)[C@H]1CCC2=Cc3c(cnn3-c3ccc(F)cc3)C[C@]2(C(=O)c2cc(C)ccn2)C1. The van der Waals surface area contributed by atoms with Crippen LogP contribution in [0.25, 0.3) is 35.3 Å².